The van der Waals surface area contributed by atoms with Gasteiger partial charge in [0.1, 0.15) is 0 Å². The largest absolute Gasteiger partial charge is 0.361 e. The molecular formula is C30H32N4S. The van der Waals surface area contributed by atoms with E-state index >= 15 is 0 Å². The van der Waals surface area contributed by atoms with Gasteiger partial charge in [-0.1, -0.05) is 48.5 Å². The van der Waals surface area contributed by atoms with E-state index < -0.39 is 0 Å². The molecule has 4 nitrogen and oxygen atoms in total. The van der Waals surface area contributed by atoms with Crippen molar-refractivity contribution in [2.75, 3.05) is 38.0 Å². The van der Waals surface area contributed by atoms with Crippen LogP contribution in [0.1, 0.15) is 30.4 Å². The predicted octanol–water partition coefficient (Wildman–Crippen LogP) is 6.45. The Balaban J connectivity index is 1.14. The Hall–Kier alpha value is -3.15. The number of nitrogens with one attached hydrogen (secondary N) is 2. The third-order valence-corrected chi connectivity index (χ3v) is 7.92. The van der Waals surface area contributed by atoms with E-state index in [0.29, 0.717) is 0 Å². The Morgan fingerprint density at radius 3 is 2.66 bits per heavy atom. The molecule has 2 aliphatic heterocycles. The standard InChI is InChI=1S/C30H32N4S/c35-30(32-29-9-5-7-23-6-1-2-8-26(23)29)34-18-13-22(14-19-34)24-10-11-28-27(20-24)25(21-31-28)12-17-33-15-3-4-16-33/h1-2,5-11,13,20-21,31H,3-4,12,14-19H2,(H,32,35). The van der Waals surface area contributed by atoms with E-state index in [9.17, 15) is 0 Å². The molecule has 6 rings (SSSR count). The number of likely N-dealkylation sites (tertiary alicyclic amines) is 1. The first-order valence-electron chi connectivity index (χ1n) is 12.8. The number of anilines is 1. The Morgan fingerprint density at radius 1 is 0.943 bits per heavy atom. The lowest BCUT2D eigenvalue weighted by Gasteiger charge is -2.29. The molecule has 0 atom stereocenters. The maximum atomic E-state index is 5.79. The van der Waals surface area contributed by atoms with Crippen LogP contribution in [-0.2, 0) is 6.42 Å². The molecule has 0 aliphatic carbocycles. The van der Waals surface area contributed by atoms with Crippen LogP contribution in [-0.4, -0.2) is 52.6 Å². The zero-order valence-electron chi connectivity index (χ0n) is 20.1. The van der Waals surface area contributed by atoms with Crippen LogP contribution in [0.15, 0.2) is 72.9 Å². The van der Waals surface area contributed by atoms with Crippen LogP contribution in [0.4, 0.5) is 5.69 Å². The van der Waals surface area contributed by atoms with Gasteiger partial charge in [0, 0.05) is 47.8 Å². The fourth-order valence-electron chi connectivity index (χ4n) is 5.51. The number of H-pyrrole nitrogens is 1. The highest BCUT2D eigenvalue weighted by molar-refractivity contribution is 7.80. The van der Waals surface area contributed by atoms with Gasteiger partial charge in [-0.3, -0.25) is 0 Å². The molecule has 3 aromatic carbocycles. The molecule has 0 amide bonds. The molecule has 35 heavy (non-hydrogen) atoms. The highest BCUT2D eigenvalue weighted by atomic mass is 32.1. The molecule has 5 heteroatoms. The second-order valence-electron chi connectivity index (χ2n) is 9.76. The molecule has 0 saturated carbocycles. The van der Waals surface area contributed by atoms with Crippen LogP contribution in [0.2, 0.25) is 0 Å². The molecule has 2 aliphatic rings. The zero-order valence-corrected chi connectivity index (χ0v) is 20.9. The highest BCUT2D eigenvalue weighted by Crippen LogP contribution is 2.29. The summed E-state index contributed by atoms with van der Waals surface area (Å²) in [5.41, 5.74) is 6.51. The molecule has 178 valence electrons. The van der Waals surface area contributed by atoms with E-state index in [1.165, 1.54) is 64.3 Å². The summed E-state index contributed by atoms with van der Waals surface area (Å²) < 4.78 is 0. The number of hydrogen-bond donors (Lipinski definition) is 2. The van der Waals surface area contributed by atoms with Crippen molar-refractivity contribution in [1.29, 1.82) is 0 Å². The lowest BCUT2D eigenvalue weighted by atomic mass is 9.97. The first kappa shape index (κ1) is 22.3. The topological polar surface area (TPSA) is 34.3 Å². The quantitative estimate of drug-likeness (QED) is 0.322. The van der Waals surface area contributed by atoms with E-state index in [0.717, 1.165) is 43.3 Å². The van der Waals surface area contributed by atoms with Crippen molar-refractivity contribution in [3.63, 3.8) is 0 Å². The normalized spacial score (nSPS) is 16.7. The first-order valence-corrected chi connectivity index (χ1v) is 13.2. The summed E-state index contributed by atoms with van der Waals surface area (Å²) in [6, 6.07) is 21.6. The summed E-state index contributed by atoms with van der Waals surface area (Å²) in [6.07, 6.45) is 9.37. The van der Waals surface area contributed by atoms with Gasteiger partial charge >= 0.3 is 0 Å². The lowest BCUT2D eigenvalue weighted by molar-refractivity contribution is 0.344. The van der Waals surface area contributed by atoms with Gasteiger partial charge in [-0.05, 0) is 91.3 Å². The Morgan fingerprint density at radius 2 is 1.80 bits per heavy atom. The van der Waals surface area contributed by atoms with Crippen molar-refractivity contribution < 1.29 is 0 Å². The molecule has 1 fully saturated rings. The summed E-state index contributed by atoms with van der Waals surface area (Å²) in [4.78, 5) is 8.33. The smallest absolute Gasteiger partial charge is 0.173 e. The molecule has 4 aromatic rings. The second kappa shape index (κ2) is 9.84. The number of aromatic nitrogens is 1. The van der Waals surface area contributed by atoms with Crippen LogP contribution >= 0.6 is 12.2 Å². The van der Waals surface area contributed by atoms with Crippen molar-refractivity contribution in [3.05, 3.63) is 84.1 Å². The molecule has 0 spiro atoms. The van der Waals surface area contributed by atoms with Crippen LogP contribution in [0.5, 0.6) is 0 Å². The van der Waals surface area contributed by atoms with E-state index in [-0.39, 0.29) is 0 Å². The van der Waals surface area contributed by atoms with Crippen molar-refractivity contribution in [1.82, 2.24) is 14.8 Å². The van der Waals surface area contributed by atoms with E-state index in [4.69, 9.17) is 12.2 Å². The van der Waals surface area contributed by atoms with Gasteiger partial charge in [0.25, 0.3) is 0 Å². The average molecular weight is 481 g/mol. The predicted molar refractivity (Wildman–Crippen MR) is 152 cm³/mol. The summed E-state index contributed by atoms with van der Waals surface area (Å²) in [6.45, 7) is 5.44. The Bertz CT molecular complexity index is 1390. The second-order valence-corrected chi connectivity index (χ2v) is 10.1. The number of thiocarbonyl (C=S) groups is 1. The number of fused-ring (bicyclic) bond motifs is 2. The van der Waals surface area contributed by atoms with E-state index in [2.05, 4.69) is 93.0 Å². The summed E-state index contributed by atoms with van der Waals surface area (Å²) in [7, 11) is 0. The molecule has 1 aromatic heterocycles. The van der Waals surface area contributed by atoms with Gasteiger partial charge in [0.15, 0.2) is 5.11 Å². The number of hydrogen-bond acceptors (Lipinski definition) is 2. The molecule has 0 bridgehead atoms. The molecule has 2 N–H and O–H groups in total. The van der Waals surface area contributed by atoms with Crippen LogP contribution in [0, 0.1) is 0 Å². The lowest BCUT2D eigenvalue weighted by Crippen LogP contribution is -2.37. The fraction of sp³-hybridized carbons (Fsp3) is 0.300. The minimum absolute atomic E-state index is 0.793. The summed E-state index contributed by atoms with van der Waals surface area (Å²) in [5.74, 6) is 0. The molecule has 0 unspecified atom stereocenters. The van der Waals surface area contributed by atoms with Crippen LogP contribution in [0.3, 0.4) is 0 Å². The number of aromatic amines is 1. The van der Waals surface area contributed by atoms with E-state index in [1.807, 2.05) is 0 Å². The van der Waals surface area contributed by atoms with Gasteiger partial charge < -0.3 is 20.1 Å². The van der Waals surface area contributed by atoms with Crippen molar-refractivity contribution in [3.8, 4) is 0 Å². The Kier molecular flexibility index (Phi) is 6.28. The fourth-order valence-corrected chi connectivity index (χ4v) is 5.79. The van der Waals surface area contributed by atoms with E-state index in [1.54, 1.807) is 0 Å². The monoisotopic (exact) mass is 480 g/mol. The van der Waals surface area contributed by atoms with Crippen LogP contribution < -0.4 is 5.32 Å². The van der Waals surface area contributed by atoms with Crippen molar-refractivity contribution >= 4 is 50.3 Å². The molecular weight excluding hydrogens is 448 g/mol. The number of rotatable bonds is 5. The molecule has 3 heterocycles. The maximum Gasteiger partial charge on any atom is 0.173 e. The van der Waals surface area contributed by atoms with Gasteiger partial charge in [0.05, 0.1) is 0 Å². The maximum absolute atomic E-state index is 5.79. The summed E-state index contributed by atoms with van der Waals surface area (Å²) >= 11 is 5.79. The van der Waals surface area contributed by atoms with Crippen LogP contribution in [0.25, 0.3) is 27.2 Å². The SMILES string of the molecule is S=C(Nc1cccc2ccccc12)N1CC=C(c2ccc3[nH]cc(CCN4CCCC4)c3c2)CC1. The van der Waals surface area contributed by atoms with Crippen molar-refractivity contribution in [2.45, 2.75) is 25.7 Å². The third-order valence-electron chi connectivity index (χ3n) is 7.56. The summed E-state index contributed by atoms with van der Waals surface area (Å²) in [5, 5.41) is 8.08. The first-order chi connectivity index (χ1) is 17.2. The van der Waals surface area contributed by atoms with Gasteiger partial charge in [-0.15, -0.1) is 0 Å². The number of nitrogens with zero attached hydrogens (tertiary/aromatic N) is 2. The molecule has 1 saturated heterocycles. The average Bonchev–Trinajstić information content (AvgIpc) is 3.57. The minimum Gasteiger partial charge on any atom is -0.361 e. The zero-order chi connectivity index (χ0) is 23.6. The minimum atomic E-state index is 0.793. The molecule has 0 radical (unpaired) electrons. The number of benzene rings is 3. The van der Waals surface area contributed by atoms with Gasteiger partial charge in [0.2, 0.25) is 0 Å². The van der Waals surface area contributed by atoms with Gasteiger partial charge in [-0.25, -0.2) is 0 Å². The Labute approximate surface area is 212 Å². The third kappa shape index (κ3) is 4.71. The van der Waals surface area contributed by atoms with Gasteiger partial charge in [-0.2, -0.15) is 0 Å². The highest BCUT2D eigenvalue weighted by Gasteiger charge is 2.17. The van der Waals surface area contributed by atoms with Crippen molar-refractivity contribution in [2.24, 2.45) is 0 Å².